The average molecular weight is 225 g/mol. The van der Waals surface area contributed by atoms with Crippen molar-refractivity contribution >= 4 is 0 Å². The molecule has 0 aromatic carbocycles. The zero-order valence-corrected chi connectivity index (χ0v) is 11.9. The maximum absolute atomic E-state index is 3.85. The summed E-state index contributed by atoms with van der Waals surface area (Å²) in [7, 11) is 0. The predicted molar refractivity (Wildman–Crippen MR) is 72.6 cm³/mol. The quantitative estimate of drug-likeness (QED) is 0.738. The molecule has 0 saturated heterocycles. The van der Waals surface area contributed by atoms with Gasteiger partial charge in [0.2, 0.25) is 0 Å². The highest BCUT2D eigenvalue weighted by Crippen LogP contribution is 2.28. The van der Waals surface area contributed by atoms with Crippen LogP contribution in [0.5, 0.6) is 0 Å². The third kappa shape index (κ3) is 4.86. The van der Waals surface area contributed by atoms with Gasteiger partial charge in [-0.05, 0) is 50.4 Å². The van der Waals surface area contributed by atoms with Gasteiger partial charge in [0.05, 0.1) is 0 Å². The van der Waals surface area contributed by atoms with Crippen molar-refractivity contribution < 1.29 is 0 Å². The Hall–Kier alpha value is -0.0400. The summed E-state index contributed by atoms with van der Waals surface area (Å²) in [4.78, 5) is 0. The lowest BCUT2D eigenvalue weighted by atomic mass is 9.79. The highest BCUT2D eigenvalue weighted by Gasteiger charge is 2.26. The number of hydrogen-bond acceptors (Lipinski definition) is 1. The van der Waals surface area contributed by atoms with Crippen LogP contribution in [0.4, 0.5) is 0 Å². The van der Waals surface area contributed by atoms with E-state index in [0.29, 0.717) is 6.04 Å². The van der Waals surface area contributed by atoms with Gasteiger partial charge in [-0.15, -0.1) is 0 Å². The Balaban J connectivity index is 2.28. The fourth-order valence-electron chi connectivity index (χ4n) is 2.80. The van der Waals surface area contributed by atoms with Gasteiger partial charge in [0, 0.05) is 12.1 Å². The maximum Gasteiger partial charge on any atom is 0.00977 e. The maximum atomic E-state index is 3.85. The van der Waals surface area contributed by atoms with Crippen LogP contribution in [0.2, 0.25) is 0 Å². The summed E-state index contributed by atoms with van der Waals surface area (Å²) in [6, 6.07) is 1.46. The minimum atomic E-state index is 0.695. The van der Waals surface area contributed by atoms with Gasteiger partial charge in [-0.1, -0.05) is 34.1 Å². The van der Waals surface area contributed by atoms with Crippen molar-refractivity contribution in [3.05, 3.63) is 0 Å². The Morgan fingerprint density at radius 1 is 1.06 bits per heavy atom. The van der Waals surface area contributed by atoms with E-state index in [1.54, 1.807) is 0 Å². The van der Waals surface area contributed by atoms with Gasteiger partial charge >= 0.3 is 0 Å². The van der Waals surface area contributed by atoms with Crippen molar-refractivity contribution in [1.29, 1.82) is 0 Å². The van der Waals surface area contributed by atoms with Crippen molar-refractivity contribution in [2.45, 2.75) is 78.8 Å². The van der Waals surface area contributed by atoms with Crippen molar-refractivity contribution in [1.82, 2.24) is 5.32 Å². The van der Waals surface area contributed by atoms with E-state index in [1.807, 2.05) is 0 Å². The molecule has 1 aliphatic carbocycles. The Kier molecular flexibility index (Phi) is 5.82. The molecule has 0 aliphatic heterocycles. The third-order valence-corrected chi connectivity index (χ3v) is 4.13. The van der Waals surface area contributed by atoms with Gasteiger partial charge < -0.3 is 5.32 Å². The van der Waals surface area contributed by atoms with Crippen LogP contribution < -0.4 is 5.32 Å². The summed E-state index contributed by atoms with van der Waals surface area (Å²) in [6.07, 6.45) is 6.91. The molecular formula is C15H31N. The molecule has 0 spiro atoms. The van der Waals surface area contributed by atoms with Crippen molar-refractivity contribution in [3.63, 3.8) is 0 Å². The minimum absolute atomic E-state index is 0.695. The van der Waals surface area contributed by atoms with E-state index in [0.717, 1.165) is 23.8 Å². The van der Waals surface area contributed by atoms with Gasteiger partial charge in [-0.2, -0.15) is 0 Å². The number of hydrogen-bond donors (Lipinski definition) is 1. The summed E-state index contributed by atoms with van der Waals surface area (Å²) >= 11 is 0. The van der Waals surface area contributed by atoms with Crippen LogP contribution in [0.1, 0.15) is 66.7 Å². The molecule has 0 radical (unpaired) electrons. The lowest BCUT2D eigenvalue weighted by molar-refractivity contribution is 0.211. The Labute approximate surface area is 102 Å². The summed E-state index contributed by atoms with van der Waals surface area (Å²) in [5, 5.41) is 3.85. The van der Waals surface area contributed by atoms with E-state index >= 15 is 0 Å². The Morgan fingerprint density at radius 2 is 1.75 bits per heavy atom. The van der Waals surface area contributed by atoms with E-state index in [4.69, 9.17) is 0 Å². The van der Waals surface area contributed by atoms with Crippen molar-refractivity contribution in [2.24, 2.45) is 17.8 Å². The van der Waals surface area contributed by atoms with Crippen molar-refractivity contribution in [2.75, 3.05) is 0 Å². The molecular weight excluding hydrogens is 194 g/mol. The lowest BCUT2D eigenvalue weighted by Crippen LogP contribution is -2.44. The average Bonchev–Trinajstić information content (AvgIpc) is 2.20. The van der Waals surface area contributed by atoms with Crippen LogP contribution in [0, 0.1) is 17.8 Å². The predicted octanol–water partition coefficient (Wildman–Crippen LogP) is 4.23. The highest BCUT2D eigenvalue weighted by molar-refractivity contribution is 4.83. The number of nitrogens with one attached hydrogen (secondary N) is 1. The second-order valence-electron chi connectivity index (χ2n) is 6.54. The molecule has 0 heterocycles. The topological polar surface area (TPSA) is 12.0 Å². The molecule has 1 nitrogen and oxygen atoms in total. The first kappa shape index (κ1) is 14.0. The standard InChI is InChI=1S/C15H31N/c1-11(2)6-9-14(5)16-15-10-12(3)7-8-13(15)4/h11-16H,6-10H2,1-5H3. The van der Waals surface area contributed by atoms with Gasteiger partial charge in [-0.3, -0.25) is 0 Å². The molecule has 0 aromatic rings. The van der Waals surface area contributed by atoms with Gasteiger partial charge in [0.15, 0.2) is 0 Å². The van der Waals surface area contributed by atoms with Crippen LogP contribution in [0.3, 0.4) is 0 Å². The van der Waals surface area contributed by atoms with Crippen molar-refractivity contribution in [3.8, 4) is 0 Å². The summed E-state index contributed by atoms with van der Waals surface area (Å²) < 4.78 is 0. The zero-order chi connectivity index (χ0) is 12.1. The Morgan fingerprint density at radius 3 is 2.38 bits per heavy atom. The van der Waals surface area contributed by atoms with Gasteiger partial charge in [0.25, 0.3) is 0 Å². The van der Waals surface area contributed by atoms with E-state index in [2.05, 4.69) is 39.9 Å². The van der Waals surface area contributed by atoms with Crippen LogP contribution in [-0.4, -0.2) is 12.1 Å². The molecule has 0 aromatic heterocycles. The summed E-state index contributed by atoms with van der Waals surface area (Å²) in [6.45, 7) is 11.8. The normalized spacial score (nSPS) is 33.0. The van der Waals surface area contributed by atoms with Gasteiger partial charge in [0.1, 0.15) is 0 Å². The highest BCUT2D eigenvalue weighted by atomic mass is 15.0. The van der Waals surface area contributed by atoms with Gasteiger partial charge in [-0.25, -0.2) is 0 Å². The van der Waals surface area contributed by atoms with E-state index in [-0.39, 0.29) is 0 Å². The lowest BCUT2D eigenvalue weighted by Gasteiger charge is -2.35. The molecule has 1 fully saturated rings. The molecule has 4 atom stereocenters. The van der Waals surface area contributed by atoms with E-state index in [1.165, 1.54) is 32.1 Å². The monoisotopic (exact) mass is 225 g/mol. The smallest absolute Gasteiger partial charge is 0.00977 e. The minimum Gasteiger partial charge on any atom is -0.311 e. The molecule has 0 bridgehead atoms. The molecule has 1 saturated carbocycles. The molecule has 1 aliphatic rings. The van der Waals surface area contributed by atoms with Crippen LogP contribution in [-0.2, 0) is 0 Å². The molecule has 4 unspecified atom stereocenters. The first-order chi connectivity index (χ1) is 7.49. The fraction of sp³-hybridized carbons (Fsp3) is 1.00. The second kappa shape index (κ2) is 6.64. The molecule has 1 heteroatoms. The third-order valence-electron chi connectivity index (χ3n) is 4.13. The number of rotatable bonds is 5. The molecule has 0 amide bonds. The molecule has 16 heavy (non-hydrogen) atoms. The Bertz CT molecular complexity index is 188. The SMILES string of the molecule is CC(C)CCC(C)NC1CC(C)CCC1C. The first-order valence-electron chi connectivity index (χ1n) is 7.25. The summed E-state index contributed by atoms with van der Waals surface area (Å²) in [5.74, 6) is 2.63. The molecule has 1 rings (SSSR count). The van der Waals surface area contributed by atoms with Crippen LogP contribution in [0.25, 0.3) is 0 Å². The largest absolute Gasteiger partial charge is 0.311 e. The fourth-order valence-corrected chi connectivity index (χ4v) is 2.80. The van der Waals surface area contributed by atoms with Crippen LogP contribution in [0.15, 0.2) is 0 Å². The molecule has 96 valence electrons. The second-order valence-corrected chi connectivity index (χ2v) is 6.54. The first-order valence-corrected chi connectivity index (χ1v) is 7.25. The van der Waals surface area contributed by atoms with E-state index in [9.17, 15) is 0 Å². The van der Waals surface area contributed by atoms with Crippen LogP contribution >= 0.6 is 0 Å². The molecule has 1 N–H and O–H groups in total. The van der Waals surface area contributed by atoms with E-state index < -0.39 is 0 Å². The zero-order valence-electron chi connectivity index (χ0n) is 11.9. The summed E-state index contributed by atoms with van der Waals surface area (Å²) in [5.41, 5.74) is 0.